The van der Waals surface area contributed by atoms with Crippen LogP contribution in [-0.2, 0) is 27.0 Å². The number of imidazole rings is 1. The van der Waals surface area contributed by atoms with E-state index in [1.165, 1.54) is 24.3 Å². The molecule has 0 bridgehead atoms. The molecule has 4 aliphatic rings. The number of alkyl halides is 3. The van der Waals surface area contributed by atoms with Crippen molar-refractivity contribution in [3.8, 4) is 5.75 Å². The number of amides is 5. The number of hydrogen-bond donors (Lipinski definition) is 3. The maximum absolute atomic E-state index is 13.4. The van der Waals surface area contributed by atoms with E-state index in [0.29, 0.717) is 31.0 Å². The van der Waals surface area contributed by atoms with E-state index in [9.17, 15) is 42.3 Å². The number of carbonyl (C=O) groups excluding carboxylic acids is 5. The van der Waals surface area contributed by atoms with Crippen molar-refractivity contribution < 1.29 is 51.7 Å². The second-order valence-electron chi connectivity index (χ2n) is 16.3. The smallest absolute Gasteiger partial charge is 0.416 e. The fourth-order valence-corrected chi connectivity index (χ4v) is 8.78. The molecule has 1 unspecified atom stereocenters. The second kappa shape index (κ2) is 18.3. The molecule has 5 amide bonds. The highest BCUT2D eigenvalue weighted by Crippen LogP contribution is 2.37. The van der Waals surface area contributed by atoms with E-state index in [4.69, 9.17) is 14.5 Å². The number of halogens is 3. The van der Waals surface area contributed by atoms with Gasteiger partial charge in [-0.25, -0.2) is 4.98 Å². The number of aliphatic hydroxyl groups excluding tert-OH is 1. The zero-order valence-corrected chi connectivity index (χ0v) is 34.0. The lowest BCUT2D eigenvalue weighted by Crippen LogP contribution is -2.54. The van der Waals surface area contributed by atoms with Crippen molar-refractivity contribution >= 4 is 46.5 Å². The molecule has 3 N–H and O–H groups in total. The van der Waals surface area contributed by atoms with E-state index in [1.54, 1.807) is 6.07 Å². The molecule has 3 aromatic carbocycles. The highest BCUT2D eigenvalue weighted by atomic mass is 19.4. The first-order chi connectivity index (χ1) is 29.9. The van der Waals surface area contributed by atoms with Crippen LogP contribution >= 0.6 is 0 Å². The fourth-order valence-electron chi connectivity index (χ4n) is 8.78. The van der Waals surface area contributed by atoms with Crippen LogP contribution in [0.1, 0.15) is 86.8 Å². The van der Waals surface area contributed by atoms with Crippen LogP contribution in [-0.4, -0.2) is 124 Å². The van der Waals surface area contributed by atoms with Gasteiger partial charge in [-0.05, 0) is 92.1 Å². The van der Waals surface area contributed by atoms with Crippen molar-refractivity contribution in [2.24, 2.45) is 5.92 Å². The Bertz CT molecular complexity index is 2350. The minimum atomic E-state index is -4.58. The second-order valence-corrected chi connectivity index (χ2v) is 16.3. The Morgan fingerprint density at radius 3 is 2.35 bits per heavy atom. The van der Waals surface area contributed by atoms with Gasteiger partial charge in [-0.3, -0.25) is 49.3 Å². The maximum Gasteiger partial charge on any atom is 0.416 e. The summed E-state index contributed by atoms with van der Waals surface area (Å²) in [5.41, 5.74) is 1.87. The van der Waals surface area contributed by atoms with Gasteiger partial charge in [-0.1, -0.05) is 12.1 Å². The number of carbonyl (C=O) groups is 5. The SMILES string of the molecule is O=C1CCC(N2C(=O)c3ccc(OCCOCCN4CCN(Cc5ccc6c(c5)nc(NC(=O)c5cccc(C(F)(F)F)c5)n6[C@H]5CC[C@@H](CO)CC5)CC4)cc3C2=O)C(=O)N1. The average Bonchev–Trinajstić information content (AvgIpc) is 3.74. The van der Waals surface area contributed by atoms with Crippen LogP contribution in [0, 0.1) is 5.92 Å². The summed E-state index contributed by atoms with van der Waals surface area (Å²) in [5, 5.41) is 14.7. The topological polar surface area (TPSA) is 176 Å². The van der Waals surface area contributed by atoms with E-state index in [1.807, 2.05) is 16.7 Å². The van der Waals surface area contributed by atoms with Crippen molar-refractivity contribution in [1.29, 1.82) is 0 Å². The largest absolute Gasteiger partial charge is 0.491 e. The summed E-state index contributed by atoms with van der Waals surface area (Å²) in [5.74, 6) is -2.06. The molecule has 3 fully saturated rings. The first-order valence-electron chi connectivity index (χ1n) is 21.0. The van der Waals surface area contributed by atoms with E-state index in [0.717, 1.165) is 86.5 Å². The summed E-state index contributed by atoms with van der Waals surface area (Å²) in [6.07, 6.45) is -1.28. The molecule has 4 heterocycles. The lowest BCUT2D eigenvalue weighted by atomic mass is 9.86. The van der Waals surface area contributed by atoms with E-state index >= 15 is 0 Å². The molecule has 1 atom stereocenters. The average molecular weight is 860 g/mol. The Hall–Kier alpha value is -5.69. The lowest BCUT2D eigenvalue weighted by Gasteiger charge is -2.34. The van der Waals surface area contributed by atoms with Crippen LogP contribution in [0.5, 0.6) is 5.75 Å². The Balaban J connectivity index is 0.806. The summed E-state index contributed by atoms with van der Waals surface area (Å²) < 4.78 is 53.9. The van der Waals surface area contributed by atoms with Crippen molar-refractivity contribution in [2.75, 3.05) is 64.5 Å². The molecular weight excluding hydrogens is 812 g/mol. The summed E-state index contributed by atoms with van der Waals surface area (Å²) in [6, 6.07) is 13.9. The molecule has 4 aromatic rings. The van der Waals surface area contributed by atoms with Crippen LogP contribution < -0.4 is 15.4 Å². The van der Waals surface area contributed by atoms with E-state index < -0.39 is 47.3 Å². The molecule has 1 aliphatic carbocycles. The number of piperidine rings is 1. The van der Waals surface area contributed by atoms with Crippen molar-refractivity contribution in [2.45, 2.75) is 63.3 Å². The number of ether oxygens (including phenoxy) is 2. The number of imide groups is 2. The molecule has 15 nitrogen and oxygen atoms in total. The number of rotatable bonds is 14. The zero-order valence-electron chi connectivity index (χ0n) is 34.0. The minimum Gasteiger partial charge on any atom is -0.491 e. The molecule has 1 aromatic heterocycles. The third kappa shape index (κ3) is 9.38. The number of aromatic nitrogens is 2. The quantitative estimate of drug-likeness (QED) is 0.119. The number of piperazine rings is 1. The molecule has 328 valence electrons. The van der Waals surface area contributed by atoms with Crippen molar-refractivity contribution in [3.05, 3.63) is 88.5 Å². The summed E-state index contributed by atoms with van der Waals surface area (Å²) in [6.45, 7) is 5.93. The third-order valence-corrected chi connectivity index (χ3v) is 12.2. The number of fused-ring (bicyclic) bond motifs is 2. The number of hydrogen-bond acceptors (Lipinski definition) is 11. The van der Waals surface area contributed by atoms with Gasteiger partial charge in [-0.2, -0.15) is 13.2 Å². The molecule has 0 spiro atoms. The molecule has 8 rings (SSSR count). The van der Waals surface area contributed by atoms with E-state index in [-0.39, 0.29) is 60.7 Å². The molecule has 3 aliphatic heterocycles. The van der Waals surface area contributed by atoms with Gasteiger partial charge in [0.2, 0.25) is 17.8 Å². The molecule has 0 radical (unpaired) electrons. The molecule has 2 saturated heterocycles. The zero-order chi connectivity index (χ0) is 43.5. The number of benzene rings is 3. The van der Waals surface area contributed by atoms with Gasteiger partial charge in [-0.15, -0.1) is 0 Å². The van der Waals surface area contributed by atoms with Gasteiger partial charge in [0.1, 0.15) is 18.4 Å². The van der Waals surface area contributed by atoms with Gasteiger partial charge in [0.05, 0.1) is 40.9 Å². The minimum absolute atomic E-state index is 0.00129. The first-order valence-corrected chi connectivity index (χ1v) is 21.0. The first kappa shape index (κ1) is 43.0. The van der Waals surface area contributed by atoms with Crippen LogP contribution in [0.2, 0.25) is 0 Å². The standard InChI is InChI=1S/C44H48F3N7O8/c45-44(46,47)30-3-1-2-29(23-30)39(57)50-43-48-35-22-28(6-11-36(35)53(43)31-7-4-27(26-55)5-8-31)25-52-16-14-51(15-17-52)18-19-61-20-21-62-32-9-10-33-34(24-32)42(60)54(41(33)59)37-12-13-38(56)49-40(37)58/h1-3,6,9-11,22-24,27,31,37,55H,4-5,7-8,12-21,25-26H2,(H,48,50,57)(H,49,56,58)/t27-,31+,37?. The number of anilines is 1. The van der Waals surface area contributed by atoms with Gasteiger partial charge >= 0.3 is 6.18 Å². The van der Waals surface area contributed by atoms with Crippen LogP contribution in [0.25, 0.3) is 11.0 Å². The highest BCUT2D eigenvalue weighted by Gasteiger charge is 2.45. The van der Waals surface area contributed by atoms with E-state index in [2.05, 4.69) is 26.5 Å². The van der Waals surface area contributed by atoms with Crippen molar-refractivity contribution in [1.82, 2.24) is 29.6 Å². The summed E-state index contributed by atoms with van der Waals surface area (Å²) in [4.78, 5) is 73.6. The summed E-state index contributed by atoms with van der Waals surface area (Å²) in [7, 11) is 0. The van der Waals surface area contributed by atoms with Crippen LogP contribution in [0.4, 0.5) is 19.1 Å². The number of aliphatic hydroxyl groups is 1. The lowest BCUT2D eigenvalue weighted by molar-refractivity contribution is -0.138. The Morgan fingerprint density at radius 2 is 1.61 bits per heavy atom. The molecule has 62 heavy (non-hydrogen) atoms. The predicted molar refractivity (Wildman–Crippen MR) is 218 cm³/mol. The number of nitrogens with zero attached hydrogens (tertiary/aromatic N) is 5. The monoisotopic (exact) mass is 859 g/mol. The highest BCUT2D eigenvalue weighted by molar-refractivity contribution is 6.23. The summed E-state index contributed by atoms with van der Waals surface area (Å²) >= 11 is 0. The van der Waals surface area contributed by atoms with Crippen molar-refractivity contribution in [3.63, 3.8) is 0 Å². The van der Waals surface area contributed by atoms with Gasteiger partial charge in [0.15, 0.2) is 0 Å². The Morgan fingerprint density at radius 1 is 0.855 bits per heavy atom. The number of nitrogens with one attached hydrogen (secondary N) is 2. The van der Waals surface area contributed by atoms with Gasteiger partial charge in [0.25, 0.3) is 17.7 Å². The predicted octanol–water partition coefficient (Wildman–Crippen LogP) is 4.65. The van der Waals surface area contributed by atoms with Gasteiger partial charge < -0.3 is 19.1 Å². The fraction of sp³-hybridized carbons (Fsp3) is 0.455. The molecular formula is C44H48F3N7O8. The Kier molecular flexibility index (Phi) is 12.7. The third-order valence-electron chi connectivity index (χ3n) is 12.2. The Labute approximate surface area is 355 Å². The molecule has 1 saturated carbocycles. The molecule has 18 heteroatoms. The van der Waals surface area contributed by atoms with Crippen LogP contribution in [0.15, 0.2) is 60.7 Å². The van der Waals surface area contributed by atoms with Crippen LogP contribution in [0.3, 0.4) is 0 Å². The maximum atomic E-state index is 13.4. The van der Waals surface area contributed by atoms with Gasteiger partial charge in [0, 0.05) is 63.9 Å². The normalized spacial score (nSPS) is 21.4.